The number of hydrogen-bond donors (Lipinski definition) is 2. The van der Waals surface area contributed by atoms with E-state index < -0.39 is 6.29 Å². The van der Waals surface area contributed by atoms with E-state index in [-0.39, 0.29) is 6.10 Å². The SMILES string of the molecule is Cc1cc(-c2cccc(C(O)O)c2)ccc1OC(C)C. The van der Waals surface area contributed by atoms with E-state index in [1.807, 2.05) is 51.1 Å². The van der Waals surface area contributed by atoms with E-state index in [2.05, 4.69) is 0 Å². The van der Waals surface area contributed by atoms with Gasteiger partial charge in [0.15, 0.2) is 6.29 Å². The van der Waals surface area contributed by atoms with Crippen LogP contribution in [0.3, 0.4) is 0 Å². The minimum atomic E-state index is -1.44. The van der Waals surface area contributed by atoms with Crippen molar-refractivity contribution in [2.24, 2.45) is 0 Å². The summed E-state index contributed by atoms with van der Waals surface area (Å²) in [6.45, 7) is 6.00. The number of hydrogen-bond acceptors (Lipinski definition) is 3. The van der Waals surface area contributed by atoms with Gasteiger partial charge in [0.05, 0.1) is 6.10 Å². The second kappa shape index (κ2) is 6.07. The molecule has 2 aromatic rings. The fourth-order valence-electron chi connectivity index (χ4n) is 2.09. The molecule has 0 radical (unpaired) electrons. The molecule has 0 aliphatic carbocycles. The first-order chi connectivity index (χ1) is 9.47. The van der Waals surface area contributed by atoms with Gasteiger partial charge < -0.3 is 14.9 Å². The Morgan fingerprint density at radius 2 is 1.65 bits per heavy atom. The van der Waals surface area contributed by atoms with Gasteiger partial charge in [-0.15, -0.1) is 0 Å². The topological polar surface area (TPSA) is 49.7 Å². The molecule has 106 valence electrons. The lowest BCUT2D eigenvalue weighted by molar-refractivity contribution is -0.0424. The van der Waals surface area contributed by atoms with Crippen molar-refractivity contribution in [1.29, 1.82) is 0 Å². The van der Waals surface area contributed by atoms with Crippen LogP contribution in [-0.4, -0.2) is 16.3 Å². The van der Waals surface area contributed by atoms with E-state index in [4.69, 9.17) is 4.74 Å². The maximum atomic E-state index is 9.23. The quantitative estimate of drug-likeness (QED) is 0.838. The van der Waals surface area contributed by atoms with Gasteiger partial charge in [0.25, 0.3) is 0 Å². The third kappa shape index (κ3) is 3.38. The van der Waals surface area contributed by atoms with Crippen LogP contribution in [0.25, 0.3) is 11.1 Å². The highest BCUT2D eigenvalue weighted by Gasteiger charge is 2.07. The minimum Gasteiger partial charge on any atom is -0.491 e. The van der Waals surface area contributed by atoms with Gasteiger partial charge in [0.1, 0.15) is 5.75 Å². The van der Waals surface area contributed by atoms with Crippen LogP contribution in [0.4, 0.5) is 0 Å². The summed E-state index contributed by atoms with van der Waals surface area (Å²) in [4.78, 5) is 0. The van der Waals surface area contributed by atoms with E-state index in [9.17, 15) is 10.2 Å². The Hall–Kier alpha value is -1.84. The second-order valence-corrected chi connectivity index (χ2v) is 5.15. The standard InChI is InChI=1S/C17H20O3/c1-11(2)20-16-8-7-14(9-12(16)3)13-5-4-6-15(10-13)17(18)19/h4-11,17-19H,1-3H3. The zero-order chi connectivity index (χ0) is 14.7. The fourth-order valence-corrected chi connectivity index (χ4v) is 2.09. The highest BCUT2D eigenvalue weighted by atomic mass is 16.5. The van der Waals surface area contributed by atoms with Gasteiger partial charge in [-0.05, 0) is 55.7 Å². The Labute approximate surface area is 119 Å². The molecule has 0 heterocycles. The van der Waals surface area contributed by atoms with Crippen LogP contribution < -0.4 is 4.74 Å². The first-order valence-corrected chi connectivity index (χ1v) is 6.71. The average Bonchev–Trinajstić information content (AvgIpc) is 2.40. The molecule has 3 heteroatoms. The molecule has 2 aromatic carbocycles. The molecule has 2 N–H and O–H groups in total. The van der Waals surface area contributed by atoms with Crippen molar-refractivity contribution in [2.75, 3.05) is 0 Å². The maximum absolute atomic E-state index is 9.23. The van der Waals surface area contributed by atoms with E-state index in [0.29, 0.717) is 5.56 Å². The zero-order valence-electron chi connectivity index (χ0n) is 12.0. The molecule has 0 aliphatic rings. The molecule has 3 nitrogen and oxygen atoms in total. The van der Waals surface area contributed by atoms with Gasteiger partial charge in [0, 0.05) is 5.56 Å². The zero-order valence-corrected chi connectivity index (χ0v) is 12.0. The van der Waals surface area contributed by atoms with Crippen molar-refractivity contribution >= 4 is 0 Å². The first kappa shape index (κ1) is 14.6. The number of aliphatic hydroxyl groups is 2. The smallest absolute Gasteiger partial charge is 0.178 e. The monoisotopic (exact) mass is 272 g/mol. The predicted molar refractivity (Wildman–Crippen MR) is 79.6 cm³/mol. The summed E-state index contributed by atoms with van der Waals surface area (Å²) >= 11 is 0. The number of ether oxygens (including phenoxy) is 1. The van der Waals surface area contributed by atoms with Gasteiger partial charge in [-0.2, -0.15) is 0 Å². The van der Waals surface area contributed by atoms with Crippen molar-refractivity contribution in [2.45, 2.75) is 33.2 Å². The van der Waals surface area contributed by atoms with Gasteiger partial charge in [-0.25, -0.2) is 0 Å². The molecule has 0 saturated carbocycles. The van der Waals surface area contributed by atoms with Gasteiger partial charge in [0.2, 0.25) is 0 Å². The number of benzene rings is 2. The van der Waals surface area contributed by atoms with Crippen molar-refractivity contribution in [1.82, 2.24) is 0 Å². The lowest BCUT2D eigenvalue weighted by Crippen LogP contribution is -2.06. The highest BCUT2D eigenvalue weighted by Crippen LogP contribution is 2.28. The minimum absolute atomic E-state index is 0.146. The highest BCUT2D eigenvalue weighted by molar-refractivity contribution is 5.66. The van der Waals surface area contributed by atoms with Crippen LogP contribution in [0.5, 0.6) is 5.75 Å². The van der Waals surface area contributed by atoms with Gasteiger partial charge in [-0.1, -0.05) is 24.3 Å². The molecular formula is C17H20O3. The van der Waals surface area contributed by atoms with Crippen LogP contribution in [0, 0.1) is 6.92 Å². The molecular weight excluding hydrogens is 252 g/mol. The molecule has 0 saturated heterocycles. The first-order valence-electron chi connectivity index (χ1n) is 6.71. The Kier molecular flexibility index (Phi) is 4.42. The normalized spacial score (nSPS) is 11.2. The van der Waals surface area contributed by atoms with E-state index in [1.54, 1.807) is 12.1 Å². The van der Waals surface area contributed by atoms with Gasteiger partial charge in [-0.3, -0.25) is 0 Å². The molecule has 0 amide bonds. The van der Waals surface area contributed by atoms with Crippen LogP contribution in [0.1, 0.15) is 31.3 Å². The summed E-state index contributed by atoms with van der Waals surface area (Å²) < 4.78 is 5.72. The van der Waals surface area contributed by atoms with E-state index in [1.165, 1.54) is 0 Å². The average molecular weight is 272 g/mol. The molecule has 20 heavy (non-hydrogen) atoms. The number of aryl methyl sites for hydroxylation is 1. The lowest BCUT2D eigenvalue weighted by atomic mass is 10.0. The molecule has 0 bridgehead atoms. The third-order valence-electron chi connectivity index (χ3n) is 3.06. The number of rotatable bonds is 4. The van der Waals surface area contributed by atoms with Crippen LogP contribution in [0.15, 0.2) is 42.5 Å². The van der Waals surface area contributed by atoms with Gasteiger partial charge >= 0.3 is 0 Å². The summed E-state index contributed by atoms with van der Waals surface area (Å²) in [7, 11) is 0. The summed E-state index contributed by atoms with van der Waals surface area (Å²) in [5.41, 5.74) is 3.53. The maximum Gasteiger partial charge on any atom is 0.178 e. The summed E-state index contributed by atoms with van der Waals surface area (Å²) in [6, 6.07) is 13.2. The van der Waals surface area contributed by atoms with E-state index in [0.717, 1.165) is 22.4 Å². The summed E-state index contributed by atoms with van der Waals surface area (Å²) in [5, 5.41) is 18.5. The molecule has 0 aliphatic heterocycles. The Morgan fingerprint density at radius 3 is 2.25 bits per heavy atom. The Balaban J connectivity index is 2.34. The predicted octanol–water partition coefficient (Wildman–Crippen LogP) is 3.43. The van der Waals surface area contributed by atoms with Crippen molar-refractivity contribution in [3.8, 4) is 16.9 Å². The Bertz CT molecular complexity index is 589. The van der Waals surface area contributed by atoms with E-state index >= 15 is 0 Å². The van der Waals surface area contributed by atoms with Crippen LogP contribution >= 0.6 is 0 Å². The third-order valence-corrected chi connectivity index (χ3v) is 3.06. The summed E-state index contributed by atoms with van der Waals surface area (Å²) in [5.74, 6) is 0.877. The second-order valence-electron chi connectivity index (χ2n) is 5.15. The van der Waals surface area contributed by atoms with Crippen molar-refractivity contribution in [3.05, 3.63) is 53.6 Å². The fraction of sp³-hybridized carbons (Fsp3) is 0.294. The molecule has 0 aromatic heterocycles. The number of aliphatic hydroxyl groups excluding tert-OH is 1. The molecule has 2 rings (SSSR count). The molecule has 0 unspecified atom stereocenters. The molecule has 0 spiro atoms. The van der Waals surface area contributed by atoms with Crippen LogP contribution in [-0.2, 0) is 0 Å². The van der Waals surface area contributed by atoms with Crippen molar-refractivity contribution < 1.29 is 14.9 Å². The molecule has 0 fully saturated rings. The van der Waals surface area contributed by atoms with Crippen LogP contribution in [0.2, 0.25) is 0 Å². The lowest BCUT2D eigenvalue weighted by Gasteiger charge is -2.14. The Morgan fingerprint density at radius 1 is 0.950 bits per heavy atom. The largest absolute Gasteiger partial charge is 0.491 e. The summed E-state index contributed by atoms with van der Waals surface area (Å²) in [6.07, 6.45) is -1.30. The molecule has 0 atom stereocenters. The van der Waals surface area contributed by atoms with Crippen molar-refractivity contribution in [3.63, 3.8) is 0 Å².